The Balaban J connectivity index is 1.53. The summed E-state index contributed by atoms with van der Waals surface area (Å²) in [4.78, 5) is 21.0. The number of hydrogen-bond acceptors (Lipinski definition) is 5. The van der Waals surface area contributed by atoms with Gasteiger partial charge in [0, 0.05) is 12.4 Å². The van der Waals surface area contributed by atoms with E-state index in [0.29, 0.717) is 5.76 Å². The quantitative estimate of drug-likeness (QED) is 0.591. The van der Waals surface area contributed by atoms with Gasteiger partial charge in [-0.05, 0) is 42.8 Å². The fourth-order valence-electron chi connectivity index (χ4n) is 2.54. The van der Waals surface area contributed by atoms with Gasteiger partial charge in [-0.25, -0.2) is 4.98 Å². The molecule has 0 saturated carbocycles. The van der Waals surface area contributed by atoms with Gasteiger partial charge in [0.2, 0.25) is 0 Å². The molecule has 1 unspecified atom stereocenters. The lowest BCUT2D eigenvalue weighted by atomic mass is 10.1. The molecule has 0 bridgehead atoms. The van der Waals surface area contributed by atoms with Crippen LogP contribution in [0.3, 0.4) is 0 Å². The number of aromatic nitrogens is 2. The van der Waals surface area contributed by atoms with Gasteiger partial charge in [0.1, 0.15) is 0 Å². The van der Waals surface area contributed by atoms with Crippen LogP contribution in [-0.4, -0.2) is 15.9 Å². The number of thiazole rings is 1. The van der Waals surface area contributed by atoms with Crippen molar-refractivity contribution >= 4 is 27.5 Å². The van der Waals surface area contributed by atoms with Crippen LogP contribution in [0, 0.1) is 0 Å². The molecule has 6 heteroatoms. The smallest absolute Gasteiger partial charge is 0.287 e. The SMILES string of the molecule is CC(NC(=O)c1ccc(-c2nc3ccccc3s2)o1)c1cccnc1. The maximum atomic E-state index is 12.4. The minimum Gasteiger partial charge on any atom is -0.448 e. The van der Waals surface area contributed by atoms with Crippen molar-refractivity contribution in [1.29, 1.82) is 0 Å². The summed E-state index contributed by atoms with van der Waals surface area (Å²) < 4.78 is 6.81. The van der Waals surface area contributed by atoms with Crippen LogP contribution >= 0.6 is 11.3 Å². The standard InChI is InChI=1S/C19H15N3O2S/c1-12(13-5-4-10-20-11-13)21-18(23)15-8-9-16(24-15)19-22-14-6-2-3-7-17(14)25-19/h2-12H,1H3,(H,21,23). The number of carbonyl (C=O) groups is 1. The van der Waals surface area contributed by atoms with E-state index in [4.69, 9.17) is 4.42 Å². The van der Waals surface area contributed by atoms with Crippen molar-refractivity contribution in [1.82, 2.24) is 15.3 Å². The van der Waals surface area contributed by atoms with Crippen molar-refractivity contribution in [2.24, 2.45) is 0 Å². The highest BCUT2D eigenvalue weighted by Crippen LogP contribution is 2.31. The molecule has 4 rings (SSSR count). The zero-order valence-electron chi connectivity index (χ0n) is 13.5. The van der Waals surface area contributed by atoms with E-state index in [-0.39, 0.29) is 17.7 Å². The van der Waals surface area contributed by atoms with Gasteiger partial charge in [-0.1, -0.05) is 18.2 Å². The number of para-hydroxylation sites is 1. The van der Waals surface area contributed by atoms with E-state index in [1.807, 2.05) is 43.3 Å². The van der Waals surface area contributed by atoms with Crippen molar-refractivity contribution < 1.29 is 9.21 Å². The van der Waals surface area contributed by atoms with Crippen molar-refractivity contribution in [3.63, 3.8) is 0 Å². The molecule has 3 heterocycles. The van der Waals surface area contributed by atoms with E-state index in [1.54, 1.807) is 35.9 Å². The number of hydrogen-bond donors (Lipinski definition) is 1. The molecule has 0 fully saturated rings. The summed E-state index contributed by atoms with van der Waals surface area (Å²) in [5.74, 6) is 0.606. The average molecular weight is 349 g/mol. The highest BCUT2D eigenvalue weighted by Gasteiger charge is 2.17. The lowest BCUT2D eigenvalue weighted by molar-refractivity contribution is 0.0912. The van der Waals surface area contributed by atoms with Crippen LogP contribution in [0.1, 0.15) is 29.1 Å². The molecule has 25 heavy (non-hydrogen) atoms. The van der Waals surface area contributed by atoms with Crippen molar-refractivity contribution in [3.05, 3.63) is 72.2 Å². The van der Waals surface area contributed by atoms with Gasteiger partial charge in [0.15, 0.2) is 16.5 Å². The number of nitrogens with zero attached hydrogens (tertiary/aromatic N) is 2. The third-order valence-corrected chi connectivity index (χ3v) is 4.92. The van der Waals surface area contributed by atoms with E-state index in [2.05, 4.69) is 15.3 Å². The molecule has 1 aromatic carbocycles. The van der Waals surface area contributed by atoms with Crippen LogP contribution in [0.4, 0.5) is 0 Å². The Bertz CT molecular complexity index is 990. The predicted octanol–water partition coefficient (Wildman–Crippen LogP) is 4.44. The molecule has 0 spiro atoms. The second-order valence-corrected chi connectivity index (χ2v) is 6.66. The monoisotopic (exact) mass is 349 g/mol. The van der Waals surface area contributed by atoms with Crippen LogP contribution in [0.25, 0.3) is 21.0 Å². The molecule has 0 radical (unpaired) electrons. The van der Waals surface area contributed by atoms with E-state index in [9.17, 15) is 4.79 Å². The number of amides is 1. The molecule has 0 aliphatic rings. The molecule has 1 atom stereocenters. The Hall–Kier alpha value is -2.99. The number of furan rings is 1. The van der Waals surface area contributed by atoms with Gasteiger partial charge in [-0.2, -0.15) is 0 Å². The van der Waals surface area contributed by atoms with E-state index < -0.39 is 0 Å². The normalized spacial score (nSPS) is 12.2. The number of pyridine rings is 1. The van der Waals surface area contributed by atoms with Crippen LogP contribution in [-0.2, 0) is 0 Å². The van der Waals surface area contributed by atoms with Crippen LogP contribution < -0.4 is 5.32 Å². The third-order valence-electron chi connectivity index (χ3n) is 3.87. The minimum absolute atomic E-state index is 0.155. The molecule has 1 N–H and O–H groups in total. The molecule has 4 aromatic rings. The van der Waals surface area contributed by atoms with E-state index in [1.165, 1.54) is 0 Å². The topological polar surface area (TPSA) is 68.0 Å². The maximum Gasteiger partial charge on any atom is 0.287 e. The van der Waals surface area contributed by atoms with Crippen LogP contribution in [0.15, 0.2) is 65.3 Å². The van der Waals surface area contributed by atoms with Gasteiger partial charge >= 0.3 is 0 Å². The largest absolute Gasteiger partial charge is 0.448 e. The Kier molecular flexibility index (Phi) is 4.03. The number of carbonyl (C=O) groups excluding carboxylic acids is 1. The van der Waals surface area contributed by atoms with Gasteiger partial charge < -0.3 is 9.73 Å². The molecule has 5 nitrogen and oxygen atoms in total. The Morgan fingerprint density at radius 3 is 2.84 bits per heavy atom. The van der Waals surface area contributed by atoms with Gasteiger partial charge in [-0.15, -0.1) is 11.3 Å². The lowest BCUT2D eigenvalue weighted by Gasteiger charge is -2.12. The van der Waals surface area contributed by atoms with Crippen molar-refractivity contribution in [2.45, 2.75) is 13.0 Å². The Morgan fingerprint density at radius 1 is 1.16 bits per heavy atom. The van der Waals surface area contributed by atoms with Gasteiger partial charge in [0.05, 0.1) is 16.3 Å². The summed E-state index contributed by atoms with van der Waals surface area (Å²) in [6.07, 6.45) is 3.44. The summed E-state index contributed by atoms with van der Waals surface area (Å²) in [6, 6.07) is 15.0. The molecule has 124 valence electrons. The number of fused-ring (bicyclic) bond motifs is 1. The second-order valence-electron chi connectivity index (χ2n) is 5.63. The summed E-state index contributed by atoms with van der Waals surface area (Å²) in [5.41, 5.74) is 1.86. The number of rotatable bonds is 4. The van der Waals surface area contributed by atoms with Crippen molar-refractivity contribution in [3.8, 4) is 10.8 Å². The predicted molar refractivity (Wildman–Crippen MR) is 97.4 cm³/mol. The highest BCUT2D eigenvalue weighted by atomic mass is 32.1. The van der Waals surface area contributed by atoms with Crippen molar-refractivity contribution in [2.75, 3.05) is 0 Å². The van der Waals surface area contributed by atoms with Gasteiger partial charge in [-0.3, -0.25) is 9.78 Å². The maximum absolute atomic E-state index is 12.4. The van der Waals surface area contributed by atoms with Crippen LogP contribution in [0.2, 0.25) is 0 Å². The summed E-state index contributed by atoms with van der Waals surface area (Å²) in [5, 5.41) is 3.68. The minimum atomic E-state index is -0.260. The molecule has 0 aliphatic carbocycles. The first-order valence-electron chi connectivity index (χ1n) is 7.87. The Morgan fingerprint density at radius 2 is 2.04 bits per heavy atom. The molecular formula is C19H15N3O2S. The summed E-state index contributed by atoms with van der Waals surface area (Å²) in [7, 11) is 0. The average Bonchev–Trinajstić information content (AvgIpc) is 3.29. The first kappa shape index (κ1) is 15.5. The molecule has 1 amide bonds. The fraction of sp³-hybridized carbons (Fsp3) is 0.105. The lowest BCUT2D eigenvalue weighted by Crippen LogP contribution is -2.26. The molecular weight excluding hydrogens is 334 g/mol. The zero-order valence-corrected chi connectivity index (χ0v) is 14.3. The number of nitrogens with one attached hydrogen (secondary N) is 1. The highest BCUT2D eigenvalue weighted by molar-refractivity contribution is 7.21. The summed E-state index contributed by atoms with van der Waals surface area (Å²) >= 11 is 1.54. The molecule has 3 aromatic heterocycles. The second kappa shape index (κ2) is 6.49. The number of benzene rings is 1. The van der Waals surface area contributed by atoms with E-state index >= 15 is 0 Å². The fourth-order valence-corrected chi connectivity index (χ4v) is 3.46. The first-order valence-corrected chi connectivity index (χ1v) is 8.69. The zero-order chi connectivity index (χ0) is 17.2. The molecule has 0 saturated heterocycles. The van der Waals surface area contributed by atoms with Gasteiger partial charge in [0.25, 0.3) is 5.91 Å². The first-order chi connectivity index (χ1) is 12.2. The summed E-state index contributed by atoms with van der Waals surface area (Å²) in [6.45, 7) is 1.91. The molecule has 0 aliphatic heterocycles. The Labute approximate surface area is 148 Å². The van der Waals surface area contributed by atoms with Crippen LogP contribution in [0.5, 0.6) is 0 Å². The van der Waals surface area contributed by atoms with E-state index in [0.717, 1.165) is 20.8 Å². The third kappa shape index (κ3) is 3.16.